The van der Waals surface area contributed by atoms with Gasteiger partial charge in [-0.15, -0.1) is 0 Å². The minimum Gasteiger partial charge on any atom is -0.334 e. The predicted octanol–water partition coefficient (Wildman–Crippen LogP) is 3.38. The second-order valence-electron chi connectivity index (χ2n) is 3.01. The molecule has 1 aromatic carbocycles. The zero-order chi connectivity index (χ0) is 10.8. The molecule has 3 nitrogen and oxygen atoms in total. The second kappa shape index (κ2) is 4.12. The van der Waals surface area contributed by atoms with Crippen LogP contribution in [0.4, 0.5) is 15.9 Å². The van der Waals surface area contributed by atoms with Gasteiger partial charge in [-0.2, -0.15) is 8.75 Å². The highest BCUT2D eigenvalue weighted by atomic mass is 35.5. The summed E-state index contributed by atoms with van der Waals surface area (Å²) >= 11 is 6.71. The van der Waals surface area contributed by atoms with Crippen LogP contribution < -0.4 is 5.32 Å². The number of aryl methyl sites for hydroxylation is 1. The smallest absolute Gasteiger partial charge is 0.187 e. The van der Waals surface area contributed by atoms with Gasteiger partial charge >= 0.3 is 0 Å². The summed E-state index contributed by atoms with van der Waals surface area (Å²) < 4.78 is 21.0. The average molecular weight is 244 g/mol. The maximum Gasteiger partial charge on any atom is 0.187 e. The number of hydrogen-bond acceptors (Lipinski definition) is 4. The van der Waals surface area contributed by atoms with Crippen LogP contribution in [0, 0.1) is 12.7 Å². The van der Waals surface area contributed by atoms with Gasteiger partial charge in [0.2, 0.25) is 0 Å². The van der Waals surface area contributed by atoms with Crippen molar-refractivity contribution in [1.29, 1.82) is 0 Å². The number of rotatable bonds is 2. The molecule has 0 amide bonds. The van der Waals surface area contributed by atoms with Gasteiger partial charge < -0.3 is 5.32 Å². The largest absolute Gasteiger partial charge is 0.334 e. The number of anilines is 2. The van der Waals surface area contributed by atoms with Gasteiger partial charge in [-0.25, -0.2) is 4.39 Å². The lowest BCUT2D eigenvalue weighted by Gasteiger charge is -2.05. The highest BCUT2D eigenvalue weighted by molar-refractivity contribution is 6.99. The third kappa shape index (κ3) is 2.24. The van der Waals surface area contributed by atoms with Crippen molar-refractivity contribution in [2.75, 3.05) is 5.32 Å². The molecule has 0 spiro atoms. The number of benzene rings is 1. The van der Waals surface area contributed by atoms with Crippen molar-refractivity contribution in [3.8, 4) is 0 Å². The van der Waals surface area contributed by atoms with Crippen LogP contribution in [-0.4, -0.2) is 8.75 Å². The topological polar surface area (TPSA) is 37.8 Å². The molecule has 1 aromatic heterocycles. The van der Waals surface area contributed by atoms with Crippen LogP contribution >= 0.6 is 23.3 Å². The average Bonchev–Trinajstić information content (AvgIpc) is 2.58. The fraction of sp³-hybridized carbons (Fsp3) is 0.111. The normalized spacial score (nSPS) is 10.3. The van der Waals surface area contributed by atoms with Crippen molar-refractivity contribution in [2.45, 2.75) is 6.92 Å². The van der Waals surface area contributed by atoms with E-state index in [2.05, 4.69) is 14.1 Å². The zero-order valence-electron chi connectivity index (χ0n) is 7.79. The lowest BCUT2D eigenvalue weighted by molar-refractivity contribution is 0.631. The first-order valence-corrected chi connectivity index (χ1v) is 5.29. The van der Waals surface area contributed by atoms with Crippen LogP contribution in [0.15, 0.2) is 18.2 Å². The van der Waals surface area contributed by atoms with E-state index >= 15 is 0 Å². The number of nitrogens with one attached hydrogen (secondary N) is 1. The molecule has 0 radical (unpaired) electrons. The maximum absolute atomic E-state index is 13.3. The molecule has 0 aliphatic heterocycles. The monoisotopic (exact) mass is 243 g/mol. The Bertz CT molecular complexity index is 486. The quantitative estimate of drug-likeness (QED) is 0.879. The second-order valence-corrected chi connectivity index (χ2v) is 3.90. The molecule has 1 N–H and O–H groups in total. The lowest BCUT2D eigenvalue weighted by atomic mass is 10.2. The van der Waals surface area contributed by atoms with E-state index in [-0.39, 0.29) is 11.0 Å². The zero-order valence-corrected chi connectivity index (χ0v) is 9.36. The molecule has 0 aliphatic rings. The summed E-state index contributed by atoms with van der Waals surface area (Å²) in [5.74, 6) is 0.0378. The third-order valence-corrected chi connectivity index (χ3v) is 2.72. The fourth-order valence-electron chi connectivity index (χ4n) is 1.11. The summed E-state index contributed by atoms with van der Waals surface area (Å²) in [5, 5.41) is 3.04. The molecular weight excluding hydrogens is 237 g/mol. The van der Waals surface area contributed by atoms with Gasteiger partial charge in [0.15, 0.2) is 11.0 Å². The van der Waals surface area contributed by atoms with Crippen molar-refractivity contribution in [2.24, 2.45) is 0 Å². The fourth-order valence-corrected chi connectivity index (χ4v) is 1.76. The molecule has 1 heterocycles. The SMILES string of the molecule is Cc1ccc(F)c(Nc2nsnc2Cl)c1. The molecule has 6 heteroatoms. The first-order valence-electron chi connectivity index (χ1n) is 4.18. The Morgan fingerprint density at radius 3 is 2.87 bits per heavy atom. The third-order valence-electron chi connectivity index (χ3n) is 1.82. The van der Waals surface area contributed by atoms with E-state index in [9.17, 15) is 4.39 Å². The van der Waals surface area contributed by atoms with Crippen LogP contribution in [0.3, 0.4) is 0 Å². The van der Waals surface area contributed by atoms with E-state index < -0.39 is 0 Å². The van der Waals surface area contributed by atoms with E-state index in [1.54, 1.807) is 12.1 Å². The highest BCUT2D eigenvalue weighted by Crippen LogP contribution is 2.25. The van der Waals surface area contributed by atoms with E-state index in [4.69, 9.17) is 11.6 Å². The molecule has 0 saturated heterocycles. The summed E-state index contributed by atoms with van der Waals surface area (Å²) in [6, 6.07) is 4.78. The Hall–Kier alpha value is -1.20. The highest BCUT2D eigenvalue weighted by Gasteiger charge is 2.08. The summed E-state index contributed by atoms with van der Waals surface area (Å²) in [7, 11) is 0. The van der Waals surface area contributed by atoms with Crippen LogP contribution in [0.5, 0.6) is 0 Å². The summed E-state index contributed by atoms with van der Waals surface area (Å²) in [6.07, 6.45) is 0. The molecule has 0 fully saturated rings. The first-order chi connectivity index (χ1) is 7.16. The van der Waals surface area contributed by atoms with Crippen LogP contribution in [0.25, 0.3) is 0 Å². The van der Waals surface area contributed by atoms with Crippen LogP contribution in [0.2, 0.25) is 5.15 Å². The van der Waals surface area contributed by atoms with Crippen molar-refractivity contribution in [3.05, 3.63) is 34.7 Å². The van der Waals surface area contributed by atoms with Crippen LogP contribution in [-0.2, 0) is 0 Å². The van der Waals surface area contributed by atoms with Crippen molar-refractivity contribution < 1.29 is 4.39 Å². The Kier molecular flexibility index (Phi) is 2.83. The van der Waals surface area contributed by atoms with Gasteiger partial charge in [-0.05, 0) is 24.6 Å². The molecule has 0 atom stereocenters. The van der Waals surface area contributed by atoms with Gasteiger partial charge in [0.25, 0.3) is 0 Å². The van der Waals surface area contributed by atoms with Gasteiger partial charge in [-0.1, -0.05) is 17.7 Å². The molecule has 15 heavy (non-hydrogen) atoms. The Labute approximate surface area is 95.2 Å². The molecule has 2 rings (SSSR count). The van der Waals surface area contributed by atoms with Crippen molar-refractivity contribution in [3.63, 3.8) is 0 Å². The molecule has 78 valence electrons. The van der Waals surface area contributed by atoms with E-state index in [1.165, 1.54) is 6.07 Å². The summed E-state index contributed by atoms with van der Waals surface area (Å²) in [5.41, 5.74) is 1.31. The Balaban J connectivity index is 2.32. The molecular formula is C9H7ClFN3S. The predicted molar refractivity (Wildman–Crippen MR) is 59.3 cm³/mol. The van der Waals surface area contributed by atoms with Gasteiger partial charge in [-0.3, -0.25) is 0 Å². The van der Waals surface area contributed by atoms with Crippen LogP contribution in [0.1, 0.15) is 5.56 Å². The Morgan fingerprint density at radius 1 is 1.40 bits per heavy atom. The number of nitrogens with zero attached hydrogens (tertiary/aromatic N) is 2. The molecule has 0 saturated carbocycles. The lowest BCUT2D eigenvalue weighted by Crippen LogP contribution is -1.94. The van der Waals surface area contributed by atoms with Gasteiger partial charge in [0.1, 0.15) is 5.82 Å². The van der Waals surface area contributed by atoms with Gasteiger partial charge in [0.05, 0.1) is 17.4 Å². The minimum atomic E-state index is -0.343. The molecule has 0 bridgehead atoms. The number of aromatic nitrogens is 2. The van der Waals surface area contributed by atoms with Gasteiger partial charge in [0, 0.05) is 0 Å². The number of halogens is 2. The van der Waals surface area contributed by atoms with E-state index in [0.29, 0.717) is 11.5 Å². The summed E-state index contributed by atoms with van der Waals surface area (Å²) in [6.45, 7) is 1.88. The van der Waals surface area contributed by atoms with E-state index in [0.717, 1.165) is 17.3 Å². The minimum absolute atomic E-state index is 0.251. The maximum atomic E-state index is 13.3. The molecule has 2 aromatic rings. The molecule has 0 aliphatic carbocycles. The first kappa shape index (κ1) is 10.3. The van der Waals surface area contributed by atoms with E-state index in [1.807, 2.05) is 6.92 Å². The van der Waals surface area contributed by atoms with Crippen molar-refractivity contribution in [1.82, 2.24) is 8.75 Å². The molecule has 0 unspecified atom stereocenters. The van der Waals surface area contributed by atoms with Crippen molar-refractivity contribution >= 4 is 34.8 Å². The Morgan fingerprint density at radius 2 is 2.20 bits per heavy atom. The standard InChI is InChI=1S/C9H7ClFN3S/c1-5-2-3-6(11)7(4-5)12-9-8(10)13-15-14-9/h2-4H,1H3,(H,12,14). The summed E-state index contributed by atoms with van der Waals surface area (Å²) in [4.78, 5) is 0. The number of hydrogen-bond donors (Lipinski definition) is 1.